The summed E-state index contributed by atoms with van der Waals surface area (Å²) in [6.07, 6.45) is 4.67. The van der Waals surface area contributed by atoms with E-state index in [0.29, 0.717) is 12.5 Å². The molecule has 0 unspecified atom stereocenters. The molecule has 5 nitrogen and oxygen atoms in total. The molecule has 5 heteroatoms. The molecule has 0 spiro atoms. The first-order chi connectivity index (χ1) is 12.1. The molecule has 2 aliphatic rings. The minimum atomic E-state index is -0.101. The monoisotopic (exact) mass is 343 g/mol. The molecule has 1 aromatic carbocycles. The lowest BCUT2D eigenvalue weighted by molar-refractivity contribution is -0.134. The van der Waals surface area contributed by atoms with Gasteiger partial charge in [-0.05, 0) is 38.2 Å². The van der Waals surface area contributed by atoms with Gasteiger partial charge in [0.2, 0.25) is 11.8 Å². The fraction of sp³-hybridized carbons (Fsp3) is 0.600. The number of aryl methyl sites for hydroxylation is 1. The molecule has 1 saturated carbocycles. The molecule has 3 rings (SSSR count). The van der Waals surface area contributed by atoms with E-state index in [1.807, 2.05) is 30.0 Å². The standard InChI is InChI=1S/C20H29N3O2/c1-16(20(25)21-18-10-11-18)22-12-14-23(15-13-22)19(24)9-5-8-17-6-3-2-4-7-17/h2-4,6-7,16,18H,5,8-15H2,1H3,(H,21,25)/t16-/m0/s1. The summed E-state index contributed by atoms with van der Waals surface area (Å²) < 4.78 is 0. The summed E-state index contributed by atoms with van der Waals surface area (Å²) in [7, 11) is 0. The Kier molecular flexibility index (Phi) is 6.08. The van der Waals surface area contributed by atoms with Crippen molar-refractivity contribution in [2.24, 2.45) is 0 Å². The molecule has 2 amide bonds. The molecule has 1 aliphatic heterocycles. The Hall–Kier alpha value is -1.88. The zero-order chi connectivity index (χ0) is 17.6. The van der Waals surface area contributed by atoms with Crippen LogP contribution in [0.1, 0.15) is 38.2 Å². The molecule has 1 aromatic rings. The normalized spacial score (nSPS) is 19.5. The van der Waals surface area contributed by atoms with Crippen molar-refractivity contribution in [1.29, 1.82) is 0 Å². The summed E-state index contributed by atoms with van der Waals surface area (Å²) >= 11 is 0. The van der Waals surface area contributed by atoms with Crippen LogP contribution in [0.15, 0.2) is 30.3 Å². The number of hydrogen-bond donors (Lipinski definition) is 1. The van der Waals surface area contributed by atoms with Gasteiger partial charge in [-0.2, -0.15) is 0 Å². The first-order valence-electron chi connectivity index (χ1n) is 9.49. The summed E-state index contributed by atoms with van der Waals surface area (Å²) in [5, 5.41) is 3.07. The lowest BCUT2D eigenvalue weighted by Crippen LogP contribution is -2.55. The maximum absolute atomic E-state index is 12.4. The van der Waals surface area contributed by atoms with Gasteiger partial charge in [-0.25, -0.2) is 0 Å². The Morgan fingerprint density at radius 2 is 1.80 bits per heavy atom. The number of piperazine rings is 1. The number of nitrogens with zero attached hydrogens (tertiary/aromatic N) is 2. The smallest absolute Gasteiger partial charge is 0.237 e. The lowest BCUT2D eigenvalue weighted by atomic mass is 10.1. The van der Waals surface area contributed by atoms with E-state index in [-0.39, 0.29) is 17.9 Å². The van der Waals surface area contributed by atoms with Gasteiger partial charge < -0.3 is 10.2 Å². The zero-order valence-corrected chi connectivity index (χ0v) is 15.1. The minimum absolute atomic E-state index is 0.101. The van der Waals surface area contributed by atoms with Gasteiger partial charge in [-0.15, -0.1) is 0 Å². The average Bonchev–Trinajstić information content (AvgIpc) is 3.46. The number of benzene rings is 1. The van der Waals surface area contributed by atoms with Gasteiger partial charge in [0.15, 0.2) is 0 Å². The van der Waals surface area contributed by atoms with E-state index in [2.05, 4.69) is 22.3 Å². The van der Waals surface area contributed by atoms with Gasteiger partial charge in [-0.1, -0.05) is 30.3 Å². The first-order valence-corrected chi connectivity index (χ1v) is 9.49. The highest BCUT2D eigenvalue weighted by Crippen LogP contribution is 2.19. The Balaban J connectivity index is 1.36. The highest BCUT2D eigenvalue weighted by molar-refractivity contribution is 5.82. The van der Waals surface area contributed by atoms with Crippen LogP contribution in [0, 0.1) is 0 Å². The van der Waals surface area contributed by atoms with Crippen molar-refractivity contribution in [2.45, 2.75) is 51.1 Å². The molecule has 2 fully saturated rings. The van der Waals surface area contributed by atoms with Crippen LogP contribution in [-0.4, -0.2) is 59.9 Å². The van der Waals surface area contributed by atoms with Gasteiger partial charge in [-0.3, -0.25) is 14.5 Å². The van der Waals surface area contributed by atoms with Crippen molar-refractivity contribution in [3.8, 4) is 0 Å². The van der Waals surface area contributed by atoms with Crippen LogP contribution in [0.3, 0.4) is 0 Å². The van der Waals surface area contributed by atoms with Crippen molar-refractivity contribution >= 4 is 11.8 Å². The molecule has 25 heavy (non-hydrogen) atoms. The van der Waals surface area contributed by atoms with E-state index in [9.17, 15) is 9.59 Å². The molecule has 1 N–H and O–H groups in total. The first kappa shape index (κ1) is 17.9. The van der Waals surface area contributed by atoms with E-state index in [4.69, 9.17) is 0 Å². The predicted octanol–water partition coefficient (Wildman–Crippen LogP) is 1.82. The van der Waals surface area contributed by atoms with E-state index in [1.165, 1.54) is 5.56 Å². The van der Waals surface area contributed by atoms with Crippen LogP contribution >= 0.6 is 0 Å². The van der Waals surface area contributed by atoms with Crippen molar-refractivity contribution in [3.63, 3.8) is 0 Å². The second-order valence-electron chi connectivity index (χ2n) is 7.21. The van der Waals surface area contributed by atoms with E-state index < -0.39 is 0 Å². The number of hydrogen-bond acceptors (Lipinski definition) is 3. The maximum Gasteiger partial charge on any atom is 0.237 e. The molecule has 1 heterocycles. The van der Waals surface area contributed by atoms with Gasteiger partial charge in [0.05, 0.1) is 6.04 Å². The van der Waals surface area contributed by atoms with Crippen LogP contribution in [0.4, 0.5) is 0 Å². The van der Waals surface area contributed by atoms with Crippen molar-refractivity contribution in [3.05, 3.63) is 35.9 Å². The summed E-state index contributed by atoms with van der Waals surface area (Å²) in [4.78, 5) is 28.7. The van der Waals surface area contributed by atoms with Crippen LogP contribution in [0.25, 0.3) is 0 Å². The molecule has 0 bridgehead atoms. The fourth-order valence-electron chi connectivity index (χ4n) is 3.32. The fourth-order valence-corrected chi connectivity index (χ4v) is 3.32. The molecule has 136 valence electrons. The number of carbonyl (C=O) groups excluding carboxylic acids is 2. The van der Waals surface area contributed by atoms with Gasteiger partial charge in [0.1, 0.15) is 0 Å². The highest BCUT2D eigenvalue weighted by Gasteiger charge is 2.30. The second-order valence-corrected chi connectivity index (χ2v) is 7.21. The van der Waals surface area contributed by atoms with Crippen LogP contribution in [0.5, 0.6) is 0 Å². The van der Waals surface area contributed by atoms with E-state index in [0.717, 1.165) is 51.9 Å². The Morgan fingerprint density at radius 3 is 2.44 bits per heavy atom. The van der Waals surface area contributed by atoms with E-state index >= 15 is 0 Å². The van der Waals surface area contributed by atoms with Crippen molar-refractivity contribution in [1.82, 2.24) is 15.1 Å². The predicted molar refractivity (Wildman–Crippen MR) is 98.2 cm³/mol. The molecule has 0 radical (unpaired) electrons. The molecule has 1 aliphatic carbocycles. The number of carbonyl (C=O) groups is 2. The summed E-state index contributed by atoms with van der Waals surface area (Å²) in [5.74, 6) is 0.371. The zero-order valence-electron chi connectivity index (χ0n) is 15.1. The molecular weight excluding hydrogens is 314 g/mol. The van der Waals surface area contributed by atoms with Gasteiger partial charge >= 0.3 is 0 Å². The molecule has 1 saturated heterocycles. The third kappa shape index (κ3) is 5.30. The Morgan fingerprint density at radius 1 is 1.12 bits per heavy atom. The van der Waals surface area contributed by atoms with Crippen LogP contribution < -0.4 is 5.32 Å². The molecule has 1 atom stereocenters. The minimum Gasteiger partial charge on any atom is -0.352 e. The van der Waals surface area contributed by atoms with Crippen molar-refractivity contribution < 1.29 is 9.59 Å². The molecule has 0 aromatic heterocycles. The van der Waals surface area contributed by atoms with Crippen molar-refractivity contribution in [2.75, 3.05) is 26.2 Å². The van der Waals surface area contributed by atoms with Gasteiger partial charge in [0.25, 0.3) is 0 Å². The number of rotatable bonds is 7. The van der Waals surface area contributed by atoms with E-state index in [1.54, 1.807) is 0 Å². The lowest BCUT2D eigenvalue weighted by Gasteiger charge is -2.37. The maximum atomic E-state index is 12.4. The summed E-state index contributed by atoms with van der Waals surface area (Å²) in [6, 6.07) is 10.6. The second kappa shape index (κ2) is 8.48. The highest BCUT2D eigenvalue weighted by atomic mass is 16.2. The molecular formula is C20H29N3O2. The average molecular weight is 343 g/mol. The van der Waals surface area contributed by atoms with Crippen LogP contribution in [0.2, 0.25) is 0 Å². The topological polar surface area (TPSA) is 52.7 Å². The third-order valence-electron chi connectivity index (χ3n) is 5.22. The third-order valence-corrected chi connectivity index (χ3v) is 5.22. The SMILES string of the molecule is C[C@@H](C(=O)NC1CC1)N1CCN(C(=O)CCCc2ccccc2)CC1. The summed E-state index contributed by atoms with van der Waals surface area (Å²) in [5.41, 5.74) is 1.29. The van der Waals surface area contributed by atoms with Gasteiger partial charge in [0, 0.05) is 38.6 Å². The van der Waals surface area contributed by atoms with Crippen LogP contribution in [-0.2, 0) is 16.0 Å². The quantitative estimate of drug-likeness (QED) is 0.822. The summed E-state index contributed by atoms with van der Waals surface area (Å²) in [6.45, 7) is 4.98. The Labute approximate surface area is 150 Å². The number of nitrogens with one attached hydrogen (secondary N) is 1. The Bertz CT molecular complexity index is 578. The largest absolute Gasteiger partial charge is 0.352 e. The number of amides is 2.